The Morgan fingerprint density at radius 2 is 1.70 bits per heavy atom. The molecule has 0 saturated carbocycles. The van der Waals surface area contributed by atoms with E-state index in [2.05, 4.69) is 22.9 Å². The molecule has 0 unspecified atom stereocenters. The van der Waals surface area contributed by atoms with Gasteiger partial charge in [0.1, 0.15) is 6.17 Å². The van der Waals surface area contributed by atoms with Crippen molar-refractivity contribution in [1.82, 2.24) is 10.6 Å². The van der Waals surface area contributed by atoms with Crippen molar-refractivity contribution in [1.29, 1.82) is 0 Å². The van der Waals surface area contributed by atoms with Crippen LogP contribution in [0.25, 0.3) is 0 Å². The molecule has 6 nitrogen and oxygen atoms in total. The molecule has 0 aliphatic carbocycles. The lowest BCUT2D eigenvalue weighted by Crippen LogP contribution is -2.56. The number of para-hydroxylation sites is 1. The molecular formula is C20H28Cl3N3O3S. The van der Waals surface area contributed by atoms with E-state index in [4.69, 9.17) is 51.8 Å². The molecule has 1 amide bonds. The highest BCUT2D eigenvalue weighted by atomic mass is 35.6. The van der Waals surface area contributed by atoms with E-state index in [1.807, 2.05) is 0 Å². The van der Waals surface area contributed by atoms with E-state index in [0.717, 1.165) is 19.3 Å². The molecular weight excluding hydrogens is 469 g/mol. The van der Waals surface area contributed by atoms with Gasteiger partial charge in [-0.3, -0.25) is 4.79 Å². The van der Waals surface area contributed by atoms with Gasteiger partial charge in [-0.05, 0) is 30.8 Å². The first-order valence-corrected chi connectivity index (χ1v) is 11.3. The number of nitrogens with one attached hydrogen (secondary N) is 3. The van der Waals surface area contributed by atoms with Crippen molar-refractivity contribution < 1.29 is 14.3 Å². The molecule has 0 spiro atoms. The summed E-state index contributed by atoms with van der Waals surface area (Å²) in [6.45, 7) is 2.16. The summed E-state index contributed by atoms with van der Waals surface area (Å²) in [7, 11) is 1.29. The fourth-order valence-corrected chi connectivity index (χ4v) is 3.22. The number of carbonyl (C=O) groups excluding carboxylic acids is 2. The van der Waals surface area contributed by atoms with Crippen molar-refractivity contribution in [2.24, 2.45) is 0 Å². The lowest BCUT2D eigenvalue weighted by molar-refractivity contribution is -0.122. The maximum Gasteiger partial charge on any atom is 0.339 e. The van der Waals surface area contributed by atoms with Crippen molar-refractivity contribution in [3.05, 3.63) is 29.8 Å². The largest absolute Gasteiger partial charge is 0.465 e. The highest BCUT2D eigenvalue weighted by Crippen LogP contribution is 2.29. The molecule has 0 bridgehead atoms. The third kappa shape index (κ3) is 10.2. The highest BCUT2D eigenvalue weighted by Gasteiger charge is 2.34. The van der Waals surface area contributed by atoms with E-state index >= 15 is 0 Å². The molecule has 0 heterocycles. The van der Waals surface area contributed by atoms with Gasteiger partial charge in [0.2, 0.25) is 9.70 Å². The molecule has 0 aliphatic rings. The molecule has 0 fully saturated rings. The minimum Gasteiger partial charge on any atom is -0.465 e. The monoisotopic (exact) mass is 495 g/mol. The first-order valence-electron chi connectivity index (χ1n) is 9.80. The topological polar surface area (TPSA) is 79.5 Å². The Labute approximate surface area is 198 Å². The van der Waals surface area contributed by atoms with E-state index in [9.17, 15) is 9.59 Å². The van der Waals surface area contributed by atoms with Gasteiger partial charge in [-0.2, -0.15) is 0 Å². The maximum atomic E-state index is 12.3. The van der Waals surface area contributed by atoms with E-state index in [0.29, 0.717) is 17.7 Å². The van der Waals surface area contributed by atoms with Crippen LogP contribution in [0.2, 0.25) is 0 Å². The minimum atomic E-state index is -1.84. The predicted molar refractivity (Wildman–Crippen MR) is 127 cm³/mol. The number of halogens is 3. The third-order valence-electron chi connectivity index (χ3n) is 4.25. The van der Waals surface area contributed by atoms with Gasteiger partial charge in [-0.25, -0.2) is 4.79 Å². The van der Waals surface area contributed by atoms with Crippen LogP contribution in [0.5, 0.6) is 0 Å². The standard InChI is InChI=1S/C20H28Cl3N3O3S/c1-3-4-5-6-7-8-13-16(27)25-18(20(21,22)23)26-19(30)24-15-12-10-9-11-14(15)17(28)29-2/h9-12,18H,3-8,13H2,1-2H3,(H,25,27)(H2,24,26,30)/t18-/m1/s1. The number of anilines is 1. The van der Waals surface area contributed by atoms with Gasteiger partial charge in [0.15, 0.2) is 5.11 Å². The number of ether oxygens (including phenoxy) is 1. The van der Waals surface area contributed by atoms with Gasteiger partial charge < -0.3 is 20.7 Å². The summed E-state index contributed by atoms with van der Waals surface area (Å²) in [4.78, 5) is 24.1. The second-order valence-corrected chi connectivity index (χ2v) is 9.47. The molecule has 0 aromatic heterocycles. The summed E-state index contributed by atoms with van der Waals surface area (Å²) in [5, 5.41) is 8.38. The summed E-state index contributed by atoms with van der Waals surface area (Å²) in [6, 6.07) is 6.67. The van der Waals surface area contributed by atoms with Gasteiger partial charge in [-0.15, -0.1) is 0 Å². The number of hydrogen-bond donors (Lipinski definition) is 3. The molecule has 168 valence electrons. The number of amides is 1. The quantitative estimate of drug-likeness (QED) is 0.126. The smallest absolute Gasteiger partial charge is 0.339 e. The van der Waals surface area contributed by atoms with Crippen molar-refractivity contribution in [3.63, 3.8) is 0 Å². The summed E-state index contributed by atoms with van der Waals surface area (Å²) < 4.78 is 2.91. The third-order valence-corrected chi connectivity index (χ3v) is 5.12. The van der Waals surface area contributed by atoms with Crippen molar-refractivity contribution in [3.8, 4) is 0 Å². The Hall–Kier alpha value is -1.28. The number of hydrogen-bond acceptors (Lipinski definition) is 4. The van der Waals surface area contributed by atoms with Gasteiger partial charge in [0.25, 0.3) is 0 Å². The number of benzene rings is 1. The summed E-state index contributed by atoms with van der Waals surface area (Å²) in [5.74, 6) is -0.766. The van der Waals surface area contributed by atoms with Crippen molar-refractivity contribution >= 4 is 69.7 Å². The molecule has 10 heteroatoms. The second-order valence-electron chi connectivity index (χ2n) is 6.70. The van der Waals surface area contributed by atoms with Crippen LogP contribution in [0.3, 0.4) is 0 Å². The normalized spacial score (nSPS) is 12.0. The lowest BCUT2D eigenvalue weighted by atomic mass is 10.1. The first-order chi connectivity index (χ1) is 14.2. The first kappa shape index (κ1) is 26.8. The number of methoxy groups -OCH3 is 1. The molecule has 1 aromatic carbocycles. The van der Waals surface area contributed by atoms with Gasteiger partial charge in [0, 0.05) is 6.42 Å². The van der Waals surface area contributed by atoms with Crippen LogP contribution < -0.4 is 16.0 Å². The highest BCUT2D eigenvalue weighted by molar-refractivity contribution is 7.80. The van der Waals surface area contributed by atoms with Crippen LogP contribution in [0, 0.1) is 0 Å². The Balaban J connectivity index is 2.64. The van der Waals surface area contributed by atoms with Gasteiger partial charge in [0.05, 0.1) is 18.4 Å². The SMILES string of the molecule is CCCCCCCCC(=O)N[C@H](NC(=S)Nc1ccccc1C(=O)OC)C(Cl)(Cl)Cl. The number of thiocarbonyl (C=S) groups is 1. The van der Waals surface area contributed by atoms with Crippen LogP contribution in [0.1, 0.15) is 62.2 Å². The summed E-state index contributed by atoms with van der Waals surface area (Å²) >= 11 is 23.3. The number of rotatable bonds is 11. The Bertz CT molecular complexity index is 714. The maximum absolute atomic E-state index is 12.3. The second kappa shape index (κ2) is 13.9. The zero-order valence-corrected chi connectivity index (χ0v) is 20.2. The zero-order chi connectivity index (χ0) is 22.6. The van der Waals surface area contributed by atoms with E-state index in [1.165, 1.54) is 26.4 Å². The predicted octanol–water partition coefficient (Wildman–Crippen LogP) is 5.32. The number of unbranched alkanes of at least 4 members (excludes halogenated alkanes) is 5. The van der Waals surface area contributed by atoms with Crippen LogP contribution in [-0.2, 0) is 9.53 Å². The molecule has 0 radical (unpaired) electrons. The molecule has 1 rings (SSSR count). The average Bonchev–Trinajstić information content (AvgIpc) is 2.69. The Morgan fingerprint density at radius 1 is 1.07 bits per heavy atom. The molecule has 3 N–H and O–H groups in total. The van der Waals surface area contributed by atoms with Crippen LogP contribution >= 0.6 is 47.0 Å². The minimum absolute atomic E-state index is 0.0718. The molecule has 0 aliphatic heterocycles. The zero-order valence-electron chi connectivity index (χ0n) is 17.1. The number of carbonyl (C=O) groups is 2. The fourth-order valence-electron chi connectivity index (χ4n) is 2.67. The molecule has 1 aromatic rings. The van der Waals surface area contributed by atoms with Crippen LogP contribution in [0.4, 0.5) is 5.69 Å². The van der Waals surface area contributed by atoms with Crippen molar-refractivity contribution in [2.45, 2.75) is 61.8 Å². The van der Waals surface area contributed by atoms with Crippen LogP contribution in [-0.4, -0.2) is 34.1 Å². The molecule has 30 heavy (non-hydrogen) atoms. The average molecular weight is 497 g/mol. The summed E-state index contributed by atoms with van der Waals surface area (Å²) in [6.07, 6.45) is 5.66. The van der Waals surface area contributed by atoms with E-state index in [1.54, 1.807) is 24.3 Å². The van der Waals surface area contributed by atoms with E-state index < -0.39 is 15.9 Å². The number of alkyl halides is 3. The Kier molecular flexibility index (Phi) is 12.4. The molecule has 1 atom stereocenters. The summed E-state index contributed by atoms with van der Waals surface area (Å²) in [5.41, 5.74) is 0.713. The molecule has 0 saturated heterocycles. The van der Waals surface area contributed by atoms with Crippen LogP contribution in [0.15, 0.2) is 24.3 Å². The number of esters is 1. The fraction of sp³-hybridized carbons (Fsp3) is 0.550. The Morgan fingerprint density at radius 3 is 2.33 bits per heavy atom. The van der Waals surface area contributed by atoms with Gasteiger partial charge in [-0.1, -0.05) is 86.0 Å². The van der Waals surface area contributed by atoms with E-state index in [-0.39, 0.29) is 11.0 Å². The lowest BCUT2D eigenvalue weighted by Gasteiger charge is -2.28. The van der Waals surface area contributed by atoms with Crippen molar-refractivity contribution in [2.75, 3.05) is 12.4 Å². The van der Waals surface area contributed by atoms with Gasteiger partial charge >= 0.3 is 5.97 Å².